The molecular formula is C14H18ClNO3. The zero-order valence-corrected chi connectivity index (χ0v) is 11.4. The smallest absolute Gasteiger partial charge is 0.303 e. The number of benzene rings is 1. The Hall–Kier alpha value is -1.55. The highest BCUT2D eigenvalue weighted by Gasteiger charge is 2.02. The number of amides is 1. The number of halogens is 1. The third-order valence-corrected chi connectivity index (χ3v) is 2.95. The van der Waals surface area contributed by atoms with Gasteiger partial charge in [0.1, 0.15) is 0 Å². The molecule has 5 heteroatoms. The zero-order chi connectivity index (χ0) is 14.1. The maximum Gasteiger partial charge on any atom is 0.303 e. The van der Waals surface area contributed by atoms with E-state index < -0.39 is 5.97 Å². The van der Waals surface area contributed by atoms with Crippen molar-refractivity contribution in [2.75, 3.05) is 6.54 Å². The Morgan fingerprint density at radius 1 is 1.11 bits per heavy atom. The first-order valence-corrected chi connectivity index (χ1v) is 6.68. The lowest BCUT2D eigenvalue weighted by Crippen LogP contribution is -2.25. The van der Waals surface area contributed by atoms with E-state index in [-0.39, 0.29) is 12.3 Å². The highest BCUT2D eigenvalue weighted by atomic mass is 35.5. The van der Waals surface area contributed by atoms with E-state index >= 15 is 0 Å². The van der Waals surface area contributed by atoms with Gasteiger partial charge in [-0.2, -0.15) is 0 Å². The molecule has 0 heterocycles. The van der Waals surface area contributed by atoms with E-state index in [0.29, 0.717) is 30.8 Å². The predicted molar refractivity (Wildman–Crippen MR) is 74.3 cm³/mol. The summed E-state index contributed by atoms with van der Waals surface area (Å²) in [6.45, 7) is 0.583. The number of carbonyl (C=O) groups is 2. The third-order valence-electron chi connectivity index (χ3n) is 2.69. The molecule has 0 aliphatic heterocycles. The molecule has 0 saturated heterocycles. The summed E-state index contributed by atoms with van der Waals surface area (Å²) in [5.41, 5.74) is 1.12. The van der Waals surface area contributed by atoms with E-state index in [9.17, 15) is 9.59 Å². The highest BCUT2D eigenvalue weighted by molar-refractivity contribution is 6.30. The number of carbonyl (C=O) groups excluding carboxylic acids is 1. The summed E-state index contributed by atoms with van der Waals surface area (Å²) < 4.78 is 0. The first-order valence-electron chi connectivity index (χ1n) is 6.31. The molecule has 4 nitrogen and oxygen atoms in total. The lowest BCUT2D eigenvalue weighted by atomic mass is 10.1. The highest BCUT2D eigenvalue weighted by Crippen LogP contribution is 2.09. The van der Waals surface area contributed by atoms with Crippen LogP contribution in [0.1, 0.15) is 31.2 Å². The normalized spacial score (nSPS) is 10.2. The Kier molecular flexibility index (Phi) is 6.97. The predicted octanol–water partition coefficient (Wildman–Crippen LogP) is 2.64. The van der Waals surface area contributed by atoms with Gasteiger partial charge in [0.2, 0.25) is 5.91 Å². The first kappa shape index (κ1) is 15.5. The number of hydrogen-bond donors (Lipinski definition) is 2. The van der Waals surface area contributed by atoms with Gasteiger partial charge >= 0.3 is 5.97 Å². The first-order chi connectivity index (χ1) is 9.08. The molecule has 0 saturated carbocycles. The molecule has 2 N–H and O–H groups in total. The topological polar surface area (TPSA) is 66.4 Å². The van der Waals surface area contributed by atoms with E-state index in [1.807, 2.05) is 24.3 Å². The number of rotatable bonds is 8. The summed E-state index contributed by atoms with van der Waals surface area (Å²) in [7, 11) is 0. The fraction of sp³-hybridized carbons (Fsp3) is 0.429. The standard InChI is InChI=1S/C14H18ClNO3/c15-12-7-5-11(6-8-12)9-10-16-13(17)3-1-2-4-14(18)19/h5-8H,1-4,9-10H2,(H,16,17)(H,18,19). The summed E-state index contributed by atoms with van der Waals surface area (Å²) in [6, 6.07) is 7.51. The van der Waals surface area contributed by atoms with Crippen molar-refractivity contribution in [1.29, 1.82) is 0 Å². The SMILES string of the molecule is O=C(O)CCCCC(=O)NCCc1ccc(Cl)cc1. The largest absolute Gasteiger partial charge is 0.481 e. The van der Waals surface area contributed by atoms with Crippen LogP contribution >= 0.6 is 11.6 Å². The molecule has 104 valence electrons. The van der Waals surface area contributed by atoms with Crippen molar-refractivity contribution in [2.24, 2.45) is 0 Å². The Balaban J connectivity index is 2.10. The third kappa shape index (κ3) is 7.47. The fourth-order valence-corrected chi connectivity index (χ4v) is 1.77. The Labute approximate surface area is 117 Å². The molecule has 1 aromatic carbocycles. The average Bonchev–Trinajstić information content (AvgIpc) is 2.37. The van der Waals surface area contributed by atoms with Gasteiger partial charge in [-0.25, -0.2) is 0 Å². The van der Waals surface area contributed by atoms with E-state index in [0.717, 1.165) is 12.0 Å². The summed E-state index contributed by atoms with van der Waals surface area (Å²) in [5, 5.41) is 12.0. The van der Waals surface area contributed by atoms with Gasteiger partial charge in [0, 0.05) is 24.4 Å². The summed E-state index contributed by atoms with van der Waals surface area (Å²) in [5.74, 6) is -0.845. The van der Waals surface area contributed by atoms with Crippen LogP contribution in [0, 0.1) is 0 Å². The Morgan fingerprint density at radius 2 is 1.74 bits per heavy atom. The van der Waals surface area contributed by atoms with Gasteiger partial charge < -0.3 is 10.4 Å². The lowest BCUT2D eigenvalue weighted by molar-refractivity contribution is -0.137. The molecule has 1 rings (SSSR count). The van der Waals surface area contributed by atoms with Crippen LogP contribution in [-0.4, -0.2) is 23.5 Å². The minimum absolute atomic E-state index is 0.0284. The van der Waals surface area contributed by atoms with Gasteiger partial charge in [-0.3, -0.25) is 9.59 Å². The van der Waals surface area contributed by atoms with Crippen molar-refractivity contribution in [3.8, 4) is 0 Å². The van der Waals surface area contributed by atoms with Crippen molar-refractivity contribution >= 4 is 23.5 Å². The molecule has 1 aromatic rings. The zero-order valence-electron chi connectivity index (χ0n) is 10.7. The molecular weight excluding hydrogens is 266 g/mol. The van der Waals surface area contributed by atoms with Gasteiger partial charge in [-0.05, 0) is 37.0 Å². The van der Waals surface area contributed by atoms with Crippen LogP contribution in [0.15, 0.2) is 24.3 Å². The van der Waals surface area contributed by atoms with Crippen molar-refractivity contribution < 1.29 is 14.7 Å². The second kappa shape index (κ2) is 8.53. The van der Waals surface area contributed by atoms with Crippen molar-refractivity contribution in [1.82, 2.24) is 5.32 Å². The van der Waals surface area contributed by atoms with Gasteiger partial charge in [-0.1, -0.05) is 23.7 Å². The molecule has 0 atom stereocenters. The number of hydrogen-bond acceptors (Lipinski definition) is 2. The monoisotopic (exact) mass is 283 g/mol. The lowest BCUT2D eigenvalue weighted by Gasteiger charge is -2.05. The Bertz CT molecular complexity index is 417. The second-order valence-electron chi connectivity index (χ2n) is 4.33. The van der Waals surface area contributed by atoms with Gasteiger partial charge in [0.15, 0.2) is 0 Å². The molecule has 19 heavy (non-hydrogen) atoms. The molecule has 0 fully saturated rings. The summed E-state index contributed by atoms with van der Waals surface area (Å²) >= 11 is 5.78. The van der Waals surface area contributed by atoms with Crippen LogP contribution in [0.5, 0.6) is 0 Å². The number of carboxylic acid groups (broad SMARTS) is 1. The fourth-order valence-electron chi connectivity index (χ4n) is 1.65. The van der Waals surface area contributed by atoms with Crippen LogP contribution in [-0.2, 0) is 16.0 Å². The molecule has 0 radical (unpaired) electrons. The summed E-state index contributed by atoms with van der Waals surface area (Å²) in [6.07, 6.45) is 2.42. The van der Waals surface area contributed by atoms with Crippen molar-refractivity contribution in [3.05, 3.63) is 34.9 Å². The molecule has 0 bridgehead atoms. The van der Waals surface area contributed by atoms with Gasteiger partial charge in [-0.15, -0.1) is 0 Å². The van der Waals surface area contributed by atoms with Crippen LogP contribution in [0.25, 0.3) is 0 Å². The average molecular weight is 284 g/mol. The van der Waals surface area contributed by atoms with E-state index in [1.165, 1.54) is 0 Å². The molecule has 1 amide bonds. The van der Waals surface area contributed by atoms with E-state index in [1.54, 1.807) is 0 Å². The summed E-state index contributed by atoms with van der Waals surface area (Å²) in [4.78, 5) is 21.7. The van der Waals surface area contributed by atoms with Gasteiger partial charge in [0.25, 0.3) is 0 Å². The number of nitrogens with one attached hydrogen (secondary N) is 1. The molecule has 0 spiro atoms. The number of aliphatic carboxylic acids is 1. The van der Waals surface area contributed by atoms with E-state index in [2.05, 4.69) is 5.32 Å². The van der Waals surface area contributed by atoms with Gasteiger partial charge in [0.05, 0.1) is 0 Å². The molecule has 0 aromatic heterocycles. The van der Waals surface area contributed by atoms with E-state index in [4.69, 9.17) is 16.7 Å². The molecule has 0 aliphatic carbocycles. The maximum absolute atomic E-state index is 11.5. The minimum atomic E-state index is -0.817. The van der Waals surface area contributed by atoms with Crippen LogP contribution in [0.3, 0.4) is 0 Å². The van der Waals surface area contributed by atoms with Crippen molar-refractivity contribution in [3.63, 3.8) is 0 Å². The minimum Gasteiger partial charge on any atom is -0.481 e. The van der Waals surface area contributed by atoms with Crippen LogP contribution < -0.4 is 5.32 Å². The number of carboxylic acids is 1. The number of unbranched alkanes of at least 4 members (excludes halogenated alkanes) is 1. The quantitative estimate of drug-likeness (QED) is 0.721. The molecule has 0 unspecified atom stereocenters. The second-order valence-corrected chi connectivity index (χ2v) is 4.76. The van der Waals surface area contributed by atoms with Crippen LogP contribution in [0.2, 0.25) is 5.02 Å². The maximum atomic E-state index is 11.5. The molecule has 0 aliphatic rings. The van der Waals surface area contributed by atoms with Crippen molar-refractivity contribution in [2.45, 2.75) is 32.1 Å². The Morgan fingerprint density at radius 3 is 2.37 bits per heavy atom. The van der Waals surface area contributed by atoms with Crippen LogP contribution in [0.4, 0.5) is 0 Å².